The largest absolute Gasteiger partial charge is 0.507 e. The molecule has 1 saturated heterocycles. The number of nitrogens with zero attached hydrogens (tertiary/aromatic N) is 2. The minimum Gasteiger partial charge on any atom is -0.399 e. The normalized spacial score (nSPS) is 17.4. The SMILES string of the molecule is CC(C)(C)[S@](=O)N[C@H](c1ccc(Br)cc1)C(F)F.Cc1ncsc1-c1ccc([C@@H](N[S@@](=O)C(C)(C)C)C(F)F)cc1.Cc1ncsc1B1OC(C)(C)C(C)(C)O1. The first-order valence-electron chi connectivity index (χ1n) is 17.7. The van der Waals surface area contributed by atoms with Crippen LogP contribution in [0.2, 0.25) is 0 Å². The van der Waals surface area contributed by atoms with Gasteiger partial charge in [0.05, 0.1) is 69.0 Å². The molecule has 0 amide bonds. The number of aryl methyl sites for hydroxylation is 2. The molecule has 0 unspecified atom stereocenters. The van der Waals surface area contributed by atoms with E-state index < -0.39 is 56.4 Å². The number of aromatic nitrogens is 2. The molecule has 1 fully saturated rings. The third-order valence-electron chi connectivity index (χ3n) is 8.84. The summed E-state index contributed by atoms with van der Waals surface area (Å²) in [5.74, 6) is 0. The molecule has 2 N–H and O–H groups in total. The molecular weight excluding hydrogens is 871 g/mol. The van der Waals surface area contributed by atoms with Crippen molar-refractivity contribution in [3.05, 3.63) is 86.5 Å². The summed E-state index contributed by atoms with van der Waals surface area (Å²) in [4.78, 5) is 9.43. The van der Waals surface area contributed by atoms with E-state index in [1.165, 1.54) is 11.3 Å². The maximum atomic E-state index is 13.4. The van der Waals surface area contributed by atoms with Gasteiger partial charge in [0.25, 0.3) is 12.9 Å². The van der Waals surface area contributed by atoms with Crippen LogP contribution in [0.15, 0.2) is 64.0 Å². The van der Waals surface area contributed by atoms with E-state index in [-0.39, 0.29) is 18.3 Å². The number of thiazole rings is 2. The van der Waals surface area contributed by atoms with Crippen molar-refractivity contribution in [3.63, 3.8) is 0 Å². The second kappa shape index (κ2) is 19.9. The van der Waals surface area contributed by atoms with Gasteiger partial charge in [0.1, 0.15) is 12.1 Å². The number of halogens is 5. The zero-order valence-electron chi connectivity index (χ0n) is 33.7. The van der Waals surface area contributed by atoms with E-state index in [2.05, 4.69) is 63.0 Å². The molecule has 2 aromatic heterocycles. The van der Waals surface area contributed by atoms with Crippen LogP contribution < -0.4 is 14.2 Å². The van der Waals surface area contributed by atoms with Crippen molar-refractivity contribution in [2.45, 2.75) is 129 Å². The molecule has 4 atom stereocenters. The van der Waals surface area contributed by atoms with E-state index in [0.717, 1.165) is 31.1 Å². The highest BCUT2D eigenvalue weighted by molar-refractivity contribution is 9.10. The molecule has 1 aliphatic heterocycles. The molecule has 0 spiro atoms. The van der Waals surface area contributed by atoms with Gasteiger partial charge in [-0.15, -0.1) is 22.7 Å². The summed E-state index contributed by atoms with van der Waals surface area (Å²) < 4.78 is 94.4. The summed E-state index contributed by atoms with van der Waals surface area (Å²) in [5.41, 5.74) is 6.75. The summed E-state index contributed by atoms with van der Waals surface area (Å²) in [7, 11) is -3.36. The van der Waals surface area contributed by atoms with Crippen molar-refractivity contribution in [1.29, 1.82) is 0 Å². The molecule has 3 heterocycles. The molecule has 0 radical (unpaired) electrons. The Morgan fingerprint density at radius 2 is 1.09 bits per heavy atom. The summed E-state index contributed by atoms with van der Waals surface area (Å²) in [6, 6.07) is 11.0. The predicted octanol–water partition coefficient (Wildman–Crippen LogP) is 10.0. The molecule has 0 saturated carbocycles. The van der Waals surface area contributed by atoms with Gasteiger partial charge in [0.2, 0.25) is 0 Å². The Balaban J connectivity index is 0.000000231. The van der Waals surface area contributed by atoms with Gasteiger partial charge < -0.3 is 9.31 Å². The topological polar surface area (TPSA) is 102 Å². The van der Waals surface area contributed by atoms with Gasteiger partial charge in [0.15, 0.2) is 0 Å². The Morgan fingerprint density at radius 3 is 1.43 bits per heavy atom. The smallest absolute Gasteiger partial charge is 0.399 e. The summed E-state index contributed by atoms with van der Waals surface area (Å²) in [6.45, 7) is 22.6. The Morgan fingerprint density at radius 1 is 0.696 bits per heavy atom. The van der Waals surface area contributed by atoms with Gasteiger partial charge in [0, 0.05) is 10.2 Å². The number of alkyl halides is 4. The molecule has 0 bridgehead atoms. The van der Waals surface area contributed by atoms with E-state index >= 15 is 0 Å². The van der Waals surface area contributed by atoms with E-state index in [1.54, 1.807) is 107 Å². The lowest BCUT2D eigenvalue weighted by molar-refractivity contribution is 0.00578. The van der Waals surface area contributed by atoms with Crippen LogP contribution >= 0.6 is 38.6 Å². The zero-order valence-corrected chi connectivity index (χ0v) is 38.6. The number of nitrogens with one attached hydrogen (secondary N) is 2. The number of hydrogen-bond donors (Lipinski definition) is 2. The second-order valence-corrected chi connectivity index (χ2v) is 22.6. The fourth-order valence-electron chi connectivity index (χ4n) is 4.69. The first kappa shape index (κ1) is 48.5. The Labute approximate surface area is 350 Å². The molecule has 4 aromatic rings. The van der Waals surface area contributed by atoms with Crippen molar-refractivity contribution in [2.24, 2.45) is 0 Å². The van der Waals surface area contributed by atoms with Gasteiger partial charge in [-0.3, -0.25) is 4.98 Å². The van der Waals surface area contributed by atoms with Gasteiger partial charge in [-0.25, -0.2) is 40.4 Å². The fraction of sp³-hybridized carbons (Fsp3) is 0.526. The standard InChI is InChI=1S/C16H20F2N2OS2.C12H16BrF2NOS.C10H16BNO2S/c1-10-14(22-9-19-10)12-7-5-11(6-8-12)13(15(17)18)20-23(21)16(2,3)4;1-12(2,3)18(17)16-10(11(14)15)8-4-6-9(13)7-5-8;1-7-8(15-6-12-7)11-13-9(2,3)10(4,5)14-11/h5-9,13,15,20H,1-4H3;4-7,10-11,16H,1-3H3;6H,1-5H3/t13-,23+;10-,18+;/m11./s1. The lowest BCUT2D eigenvalue weighted by atomic mass is 9.86. The molecule has 2 aromatic carbocycles. The third-order valence-corrected chi connectivity index (χ3v) is 14.5. The summed E-state index contributed by atoms with van der Waals surface area (Å²) in [6.07, 6.45) is -5.25. The van der Waals surface area contributed by atoms with Gasteiger partial charge in [-0.05, 0) is 112 Å². The van der Waals surface area contributed by atoms with Crippen LogP contribution in [0.3, 0.4) is 0 Å². The Kier molecular flexibility index (Phi) is 17.2. The van der Waals surface area contributed by atoms with Crippen molar-refractivity contribution < 1.29 is 35.3 Å². The zero-order chi connectivity index (χ0) is 42.4. The maximum absolute atomic E-state index is 13.4. The highest BCUT2D eigenvalue weighted by Gasteiger charge is 2.52. The quantitative estimate of drug-likeness (QED) is 0.121. The first-order valence-corrected chi connectivity index (χ1v) is 22.5. The molecule has 0 aliphatic carbocycles. The van der Waals surface area contributed by atoms with Crippen LogP contribution in [0.25, 0.3) is 10.4 Å². The van der Waals surface area contributed by atoms with Crippen LogP contribution in [0.4, 0.5) is 17.6 Å². The highest BCUT2D eigenvalue weighted by atomic mass is 79.9. The lowest BCUT2D eigenvalue weighted by Crippen LogP contribution is -2.41. The van der Waals surface area contributed by atoms with Gasteiger partial charge >= 0.3 is 7.12 Å². The fourth-order valence-corrected chi connectivity index (χ4v) is 8.17. The highest BCUT2D eigenvalue weighted by Crippen LogP contribution is 2.37. The van der Waals surface area contributed by atoms with Crippen LogP contribution in [-0.4, -0.2) is 59.1 Å². The van der Waals surface area contributed by atoms with E-state index in [9.17, 15) is 26.0 Å². The van der Waals surface area contributed by atoms with Crippen molar-refractivity contribution in [2.75, 3.05) is 0 Å². The van der Waals surface area contributed by atoms with Crippen molar-refractivity contribution >= 4 is 72.5 Å². The van der Waals surface area contributed by atoms with Crippen LogP contribution in [0.5, 0.6) is 0 Å². The van der Waals surface area contributed by atoms with Crippen LogP contribution in [-0.2, 0) is 31.3 Å². The average Bonchev–Trinajstić information content (AvgIpc) is 3.78. The summed E-state index contributed by atoms with van der Waals surface area (Å²) >= 11 is 6.35. The van der Waals surface area contributed by atoms with Crippen molar-refractivity contribution in [3.8, 4) is 10.4 Å². The molecule has 18 heteroatoms. The second-order valence-electron chi connectivity index (χ2n) is 16.0. The third kappa shape index (κ3) is 13.3. The molecule has 56 heavy (non-hydrogen) atoms. The van der Waals surface area contributed by atoms with Crippen molar-refractivity contribution in [1.82, 2.24) is 19.4 Å². The minimum absolute atomic E-state index is 0.262. The number of hydrogen-bond acceptors (Lipinski definition) is 8. The van der Waals surface area contributed by atoms with Gasteiger partial charge in [-0.1, -0.05) is 52.3 Å². The molecule has 8 nitrogen and oxygen atoms in total. The molecular formula is C38H52BBrF4N4O4S4. The lowest BCUT2D eigenvalue weighted by Gasteiger charge is -2.32. The number of rotatable bonds is 10. The minimum atomic E-state index is -2.64. The molecule has 1 aliphatic rings. The molecule has 310 valence electrons. The van der Waals surface area contributed by atoms with Gasteiger partial charge in [-0.2, -0.15) is 0 Å². The molecule has 5 rings (SSSR count). The first-order chi connectivity index (χ1) is 25.7. The predicted molar refractivity (Wildman–Crippen MR) is 229 cm³/mol. The van der Waals surface area contributed by atoms with E-state index in [0.29, 0.717) is 11.1 Å². The van der Waals surface area contributed by atoms with E-state index in [1.807, 2.05) is 19.4 Å². The Hall–Kier alpha value is -1.90. The maximum Gasteiger partial charge on any atom is 0.507 e. The van der Waals surface area contributed by atoms with Crippen LogP contribution in [0, 0.1) is 13.8 Å². The monoisotopic (exact) mass is 922 g/mol. The Bertz CT molecular complexity index is 1880. The van der Waals surface area contributed by atoms with Crippen LogP contribution in [0.1, 0.15) is 104 Å². The number of benzene rings is 2. The summed E-state index contributed by atoms with van der Waals surface area (Å²) in [5, 5.41) is 0. The average molecular weight is 924 g/mol. The van der Waals surface area contributed by atoms with E-state index in [4.69, 9.17) is 9.31 Å².